The molecule has 1 aliphatic rings. The summed E-state index contributed by atoms with van der Waals surface area (Å²) in [5.74, 6) is 0.192. The van der Waals surface area contributed by atoms with Crippen LogP contribution in [0.2, 0.25) is 0 Å². The highest BCUT2D eigenvalue weighted by Gasteiger charge is 2.26. The molecule has 0 aliphatic heterocycles. The van der Waals surface area contributed by atoms with Gasteiger partial charge < -0.3 is 10.2 Å². The van der Waals surface area contributed by atoms with Crippen LogP contribution in [0.1, 0.15) is 39.5 Å². The zero-order chi connectivity index (χ0) is 12.1. The molecule has 0 spiro atoms. The largest absolute Gasteiger partial charge is 0.352 e. The molecule has 0 aromatic rings. The summed E-state index contributed by atoms with van der Waals surface area (Å²) in [4.78, 5) is 24.9. The average molecular weight is 226 g/mol. The van der Waals surface area contributed by atoms with E-state index in [9.17, 15) is 9.59 Å². The number of nitrogens with zero attached hydrogens (tertiary/aromatic N) is 1. The number of hydrogen-bond acceptors (Lipinski definition) is 2. The minimum atomic E-state index is -0.0798. The Bertz CT molecular complexity index is 258. The Kier molecular flexibility index (Phi) is 4.77. The third-order valence-electron chi connectivity index (χ3n) is 2.91. The van der Waals surface area contributed by atoms with Crippen molar-refractivity contribution in [1.29, 1.82) is 0 Å². The standard InChI is InChI=1S/C12H22N2O2/c1-9(2)13-11(15)8-14(3)12(16)10-6-4-5-7-10/h9-10H,4-8H2,1-3H3,(H,13,15). The van der Waals surface area contributed by atoms with E-state index in [0.717, 1.165) is 25.7 Å². The van der Waals surface area contributed by atoms with Gasteiger partial charge in [0.1, 0.15) is 0 Å². The number of nitrogens with one attached hydrogen (secondary N) is 1. The number of hydrogen-bond donors (Lipinski definition) is 1. The van der Waals surface area contributed by atoms with Gasteiger partial charge in [-0.25, -0.2) is 0 Å². The third kappa shape index (κ3) is 3.83. The summed E-state index contributed by atoms with van der Waals surface area (Å²) in [5, 5.41) is 2.79. The van der Waals surface area contributed by atoms with Gasteiger partial charge in [-0.15, -0.1) is 0 Å². The van der Waals surface area contributed by atoms with Crippen molar-refractivity contribution in [3.8, 4) is 0 Å². The van der Waals surface area contributed by atoms with Crippen LogP contribution >= 0.6 is 0 Å². The van der Waals surface area contributed by atoms with Crippen molar-refractivity contribution in [2.45, 2.75) is 45.6 Å². The molecular weight excluding hydrogens is 204 g/mol. The first-order chi connectivity index (χ1) is 7.50. The predicted octanol–water partition coefficient (Wildman–Crippen LogP) is 1.16. The maximum absolute atomic E-state index is 11.9. The van der Waals surface area contributed by atoms with E-state index >= 15 is 0 Å². The molecule has 1 fully saturated rings. The van der Waals surface area contributed by atoms with Gasteiger partial charge in [0.25, 0.3) is 0 Å². The van der Waals surface area contributed by atoms with Gasteiger partial charge in [0.05, 0.1) is 6.54 Å². The molecule has 0 unspecified atom stereocenters. The number of amides is 2. The molecule has 0 atom stereocenters. The fraction of sp³-hybridized carbons (Fsp3) is 0.833. The van der Waals surface area contributed by atoms with E-state index < -0.39 is 0 Å². The Morgan fingerprint density at radius 1 is 1.31 bits per heavy atom. The fourth-order valence-corrected chi connectivity index (χ4v) is 2.15. The second-order valence-electron chi connectivity index (χ2n) is 4.90. The summed E-state index contributed by atoms with van der Waals surface area (Å²) in [6.07, 6.45) is 4.24. The van der Waals surface area contributed by atoms with Crippen molar-refractivity contribution in [3.05, 3.63) is 0 Å². The van der Waals surface area contributed by atoms with E-state index in [-0.39, 0.29) is 30.3 Å². The first kappa shape index (κ1) is 13.0. The molecule has 0 aromatic carbocycles. The van der Waals surface area contributed by atoms with E-state index in [1.165, 1.54) is 0 Å². The average Bonchev–Trinajstić information content (AvgIpc) is 2.67. The first-order valence-corrected chi connectivity index (χ1v) is 6.05. The highest BCUT2D eigenvalue weighted by Crippen LogP contribution is 2.25. The quantitative estimate of drug-likeness (QED) is 0.782. The van der Waals surface area contributed by atoms with Crippen molar-refractivity contribution in [1.82, 2.24) is 10.2 Å². The Morgan fingerprint density at radius 2 is 1.88 bits per heavy atom. The van der Waals surface area contributed by atoms with Crippen molar-refractivity contribution in [2.75, 3.05) is 13.6 Å². The Labute approximate surface area is 97.4 Å². The highest BCUT2D eigenvalue weighted by molar-refractivity contribution is 5.85. The number of carbonyl (C=O) groups is 2. The smallest absolute Gasteiger partial charge is 0.239 e. The minimum absolute atomic E-state index is 0.0798. The van der Waals surface area contributed by atoms with Gasteiger partial charge in [-0.1, -0.05) is 12.8 Å². The maximum Gasteiger partial charge on any atom is 0.239 e. The normalized spacial score (nSPS) is 16.5. The summed E-state index contributed by atoms with van der Waals surface area (Å²) in [6, 6.07) is 0.127. The number of carbonyl (C=O) groups excluding carboxylic acids is 2. The van der Waals surface area contributed by atoms with Gasteiger partial charge in [-0.05, 0) is 26.7 Å². The second kappa shape index (κ2) is 5.87. The van der Waals surface area contributed by atoms with Crippen molar-refractivity contribution < 1.29 is 9.59 Å². The van der Waals surface area contributed by atoms with Crippen molar-refractivity contribution in [3.63, 3.8) is 0 Å². The number of likely N-dealkylation sites (N-methyl/N-ethyl adjacent to an activating group) is 1. The molecule has 4 nitrogen and oxygen atoms in total. The zero-order valence-corrected chi connectivity index (χ0v) is 10.5. The van der Waals surface area contributed by atoms with Crippen molar-refractivity contribution >= 4 is 11.8 Å². The molecule has 1 saturated carbocycles. The van der Waals surface area contributed by atoms with Crippen LogP contribution < -0.4 is 5.32 Å². The number of rotatable bonds is 4. The summed E-state index contributed by atoms with van der Waals surface area (Å²) in [5.41, 5.74) is 0. The van der Waals surface area contributed by atoms with E-state index in [1.807, 2.05) is 13.8 Å². The molecule has 1 rings (SSSR count). The van der Waals surface area contributed by atoms with E-state index in [4.69, 9.17) is 0 Å². The first-order valence-electron chi connectivity index (χ1n) is 6.05. The topological polar surface area (TPSA) is 49.4 Å². The molecule has 16 heavy (non-hydrogen) atoms. The van der Waals surface area contributed by atoms with Crippen LogP contribution in [0.3, 0.4) is 0 Å². The summed E-state index contributed by atoms with van der Waals surface area (Å²) < 4.78 is 0. The van der Waals surface area contributed by atoms with Crippen LogP contribution in [0.5, 0.6) is 0 Å². The van der Waals surface area contributed by atoms with Gasteiger partial charge >= 0.3 is 0 Å². The molecule has 0 heterocycles. The fourth-order valence-electron chi connectivity index (χ4n) is 2.15. The molecular formula is C12H22N2O2. The van der Waals surface area contributed by atoms with E-state index in [1.54, 1.807) is 11.9 Å². The van der Waals surface area contributed by atoms with Crippen LogP contribution in [0.15, 0.2) is 0 Å². The molecule has 0 bridgehead atoms. The van der Waals surface area contributed by atoms with Crippen LogP contribution in [0.25, 0.3) is 0 Å². The molecule has 92 valence electrons. The van der Waals surface area contributed by atoms with Gasteiger partial charge in [0.2, 0.25) is 11.8 Å². The minimum Gasteiger partial charge on any atom is -0.352 e. The molecule has 4 heteroatoms. The maximum atomic E-state index is 11.9. The monoisotopic (exact) mass is 226 g/mol. The summed E-state index contributed by atoms with van der Waals surface area (Å²) in [7, 11) is 1.71. The Hall–Kier alpha value is -1.06. The molecule has 1 aliphatic carbocycles. The van der Waals surface area contributed by atoms with E-state index in [0.29, 0.717) is 0 Å². The second-order valence-corrected chi connectivity index (χ2v) is 4.90. The molecule has 0 aromatic heterocycles. The Balaban J connectivity index is 2.35. The lowest BCUT2D eigenvalue weighted by Crippen LogP contribution is -2.42. The molecule has 1 N–H and O–H groups in total. The SMILES string of the molecule is CC(C)NC(=O)CN(C)C(=O)C1CCCC1. The van der Waals surface area contributed by atoms with Crippen LogP contribution in [0.4, 0.5) is 0 Å². The lowest BCUT2D eigenvalue weighted by atomic mass is 10.1. The zero-order valence-electron chi connectivity index (χ0n) is 10.5. The third-order valence-corrected chi connectivity index (χ3v) is 2.91. The van der Waals surface area contributed by atoms with Crippen molar-refractivity contribution in [2.24, 2.45) is 5.92 Å². The summed E-state index contributed by atoms with van der Waals surface area (Å²) in [6.45, 7) is 4.00. The van der Waals surface area contributed by atoms with Gasteiger partial charge in [-0.2, -0.15) is 0 Å². The van der Waals surface area contributed by atoms with Crippen LogP contribution in [-0.4, -0.2) is 36.3 Å². The molecule has 2 amide bonds. The predicted molar refractivity (Wildman–Crippen MR) is 62.9 cm³/mol. The van der Waals surface area contributed by atoms with Crippen LogP contribution in [0, 0.1) is 5.92 Å². The van der Waals surface area contributed by atoms with E-state index in [2.05, 4.69) is 5.32 Å². The van der Waals surface area contributed by atoms with Crippen LogP contribution in [-0.2, 0) is 9.59 Å². The summed E-state index contributed by atoms with van der Waals surface area (Å²) >= 11 is 0. The highest BCUT2D eigenvalue weighted by atomic mass is 16.2. The van der Waals surface area contributed by atoms with Gasteiger partial charge in [-0.3, -0.25) is 9.59 Å². The Morgan fingerprint density at radius 3 is 2.38 bits per heavy atom. The lowest BCUT2D eigenvalue weighted by molar-refractivity contribution is -0.138. The molecule has 0 radical (unpaired) electrons. The molecule has 0 saturated heterocycles. The lowest BCUT2D eigenvalue weighted by Gasteiger charge is -2.21. The van der Waals surface area contributed by atoms with Gasteiger partial charge in [0, 0.05) is 19.0 Å². The van der Waals surface area contributed by atoms with Gasteiger partial charge in [0.15, 0.2) is 0 Å².